The summed E-state index contributed by atoms with van der Waals surface area (Å²) in [4.78, 5) is 2.65. The maximum Gasteiger partial charge on any atom is 0.0128 e. The Balaban J connectivity index is 1.63. The van der Waals surface area contributed by atoms with Crippen molar-refractivity contribution in [3.63, 3.8) is 0 Å². The Morgan fingerprint density at radius 1 is 1.36 bits per heavy atom. The van der Waals surface area contributed by atoms with Crippen molar-refractivity contribution in [3.8, 4) is 0 Å². The molecular weight excluding hydrogens is 136 g/mol. The predicted molar refractivity (Wildman–Crippen MR) is 46.4 cm³/mol. The van der Waals surface area contributed by atoms with E-state index in [1.807, 2.05) is 0 Å². The number of likely N-dealkylation sites (tertiary alicyclic amines) is 1. The zero-order valence-electron chi connectivity index (χ0n) is 7.13. The van der Waals surface area contributed by atoms with E-state index < -0.39 is 0 Å². The van der Waals surface area contributed by atoms with Crippen LogP contribution in [0.15, 0.2) is 0 Å². The Bertz CT molecular complexity index is 136. The zero-order chi connectivity index (χ0) is 7.68. The lowest BCUT2D eigenvalue weighted by Crippen LogP contribution is -2.24. The Morgan fingerprint density at radius 3 is 2.82 bits per heavy atom. The van der Waals surface area contributed by atoms with Crippen molar-refractivity contribution in [3.05, 3.63) is 0 Å². The molecule has 1 heterocycles. The highest BCUT2D eigenvalue weighted by molar-refractivity contribution is 5.00. The van der Waals surface area contributed by atoms with Gasteiger partial charge in [-0.2, -0.15) is 0 Å². The van der Waals surface area contributed by atoms with E-state index in [9.17, 15) is 0 Å². The molecule has 0 radical (unpaired) electrons. The summed E-state index contributed by atoms with van der Waals surface area (Å²) in [5.41, 5.74) is 5.44. The number of piperidine rings is 1. The molecule has 0 spiro atoms. The topological polar surface area (TPSA) is 29.3 Å². The summed E-state index contributed by atoms with van der Waals surface area (Å²) in [5.74, 6) is 1.09. The van der Waals surface area contributed by atoms with Crippen LogP contribution in [-0.2, 0) is 0 Å². The highest BCUT2D eigenvalue weighted by Crippen LogP contribution is 2.44. The molecular formula is C9H18N2. The van der Waals surface area contributed by atoms with Crippen LogP contribution in [0.1, 0.15) is 25.7 Å². The Kier molecular flexibility index (Phi) is 2.14. The molecule has 1 aliphatic heterocycles. The van der Waals surface area contributed by atoms with Gasteiger partial charge < -0.3 is 10.6 Å². The van der Waals surface area contributed by atoms with Crippen LogP contribution in [0.4, 0.5) is 0 Å². The highest BCUT2D eigenvalue weighted by Gasteiger charge is 2.45. The molecule has 1 saturated heterocycles. The molecule has 0 bridgehead atoms. The van der Waals surface area contributed by atoms with E-state index in [0.29, 0.717) is 0 Å². The molecule has 1 saturated carbocycles. The van der Waals surface area contributed by atoms with Crippen molar-refractivity contribution in [1.82, 2.24) is 4.90 Å². The van der Waals surface area contributed by atoms with Crippen LogP contribution in [0.25, 0.3) is 0 Å². The van der Waals surface area contributed by atoms with E-state index >= 15 is 0 Å². The summed E-state index contributed by atoms with van der Waals surface area (Å²) < 4.78 is 0. The van der Waals surface area contributed by atoms with Gasteiger partial charge in [0.15, 0.2) is 0 Å². The van der Waals surface area contributed by atoms with Crippen molar-refractivity contribution in [2.24, 2.45) is 11.7 Å². The summed E-state index contributed by atoms with van der Waals surface area (Å²) in [6, 6.07) is 0.993. The molecule has 2 heteroatoms. The molecule has 0 amide bonds. The van der Waals surface area contributed by atoms with E-state index in [1.165, 1.54) is 38.8 Å². The second-order valence-corrected chi connectivity index (χ2v) is 3.88. The van der Waals surface area contributed by atoms with Crippen LogP contribution in [0.3, 0.4) is 0 Å². The van der Waals surface area contributed by atoms with Gasteiger partial charge in [-0.1, -0.05) is 0 Å². The van der Waals surface area contributed by atoms with Crippen molar-refractivity contribution < 1.29 is 0 Å². The number of nitrogens with zero attached hydrogens (tertiary/aromatic N) is 1. The van der Waals surface area contributed by atoms with Gasteiger partial charge in [0, 0.05) is 6.04 Å². The van der Waals surface area contributed by atoms with E-state index in [4.69, 9.17) is 5.73 Å². The molecule has 2 nitrogen and oxygen atoms in total. The Hall–Kier alpha value is -0.0800. The van der Waals surface area contributed by atoms with Gasteiger partial charge in [0.05, 0.1) is 0 Å². The third kappa shape index (κ3) is 1.57. The van der Waals surface area contributed by atoms with Crippen LogP contribution in [-0.4, -0.2) is 30.6 Å². The Morgan fingerprint density at radius 2 is 2.27 bits per heavy atom. The van der Waals surface area contributed by atoms with Crippen molar-refractivity contribution in [2.75, 3.05) is 19.6 Å². The van der Waals surface area contributed by atoms with Gasteiger partial charge >= 0.3 is 0 Å². The molecule has 11 heavy (non-hydrogen) atoms. The molecule has 64 valence electrons. The minimum Gasteiger partial charge on any atom is -0.330 e. The van der Waals surface area contributed by atoms with Crippen molar-refractivity contribution in [2.45, 2.75) is 31.7 Å². The van der Waals surface area contributed by atoms with Gasteiger partial charge in [-0.05, 0) is 51.2 Å². The number of hydrogen-bond acceptors (Lipinski definition) is 2. The average molecular weight is 154 g/mol. The summed E-state index contributed by atoms with van der Waals surface area (Å²) in [7, 11) is 0. The van der Waals surface area contributed by atoms with E-state index in [2.05, 4.69) is 4.90 Å². The fraction of sp³-hybridized carbons (Fsp3) is 1.00. The SMILES string of the molecule is NCCCCN1CCC2CC21. The van der Waals surface area contributed by atoms with Crippen LogP contribution >= 0.6 is 0 Å². The first-order valence-corrected chi connectivity index (χ1v) is 4.86. The fourth-order valence-corrected chi connectivity index (χ4v) is 2.22. The second-order valence-electron chi connectivity index (χ2n) is 3.88. The summed E-state index contributed by atoms with van der Waals surface area (Å²) in [6.07, 6.45) is 5.46. The standard InChI is InChI=1S/C9H18N2/c10-4-1-2-5-11-6-3-8-7-9(8)11/h8-9H,1-7,10H2. The van der Waals surface area contributed by atoms with E-state index in [-0.39, 0.29) is 0 Å². The lowest BCUT2D eigenvalue weighted by molar-refractivity contribution is 0.294. The average Bonchev–Trinajstić information content (AvgIpc) is 2.70. The molecule has 2 fully saturated rings. The number of nitrogens with two attached hydrogens (primary N) is 1. The molecule has 1 aliphatic carbocycles. The van der Waals surface area contributed by atoms with Crippen LogP contribution in [0.5, 0.6) is 0 Å². The van der Waals surface area contributed by atoms with Crippen molar-refractivity contribution in [1.29, 1.82) is 0 Å². The van der Waals surface area contributed by atoms with E-state index in [0.717, 1.165) is 18.5 Å². The number of rotatable bonds is 4. The first-order chi connectivity index (χ1) is 5.42. The normalized spacial score (nSPS) is 35.7. The summed E-state index contributed by atoms with van der Waals surface area (Å²) >= 11 is 0. The van der Waals surface area contributed by atoms with Crippen LogP contribution < -0.4 is 5.73 Å². The molecule has 2 aliphatic rings. The quantitative estimate of drug-likeness (QED) is 0.607. The van der Waals surface area contributed by atoms with Gasteiger partial charge in [0.1, 0.15) is 0 Å². The van der Waals surface area contributed by atoms with Crippen LogP contribution in [0.2, 0.25) is 0 Å². The number of hydrogen-bond donors (Lipinski definition) is 1. The molecule has 2 atom stereocenters. The first-order valence-electron chi connectivity index (χ1n) is 4.86. The highest BCUT2D eigenvalue weighted by atomic mass is 15.2. The summed E-state index contributed by atoms with van der Waals surface area (Å²) in [6.45, 7) is 3.53. The largest absolute Gasteiger partial charge is 0.330 e. The molecule has 0 aromatic carbocycles. The van der Waals surface area contributed by atoms with Gasteiger partial charge in [-0.25, -0.2) is 0 Å². The van der Waals surface area contributed by atoms with E-state index in [1.54, 1.807) is 0 Å². The number of unbranched alkanes of at least 4 members (excludes halogenated alkanes) is 1. The zero-order valence-corrected chi connectivity index (χ0v) is 7.13. The maximum absolute atomic E-state index is 5.44. The molecule has 2 N–H and O–H groups in total. The smallest absolute Gasteiger partial charge is 0.0128 e. The minimum absolute atomic E-state index is 0.863. The summed E-state index contributed by atoms with van der Waals surface area (Å²) in [5, 5.41) is 0. The monoisotopic (exact) mass is 154 g/mol. The molecule has 2 rings (SSSR count). The lowest BCUT2D eigenvalue weighted by atomic mass is 10.3. The third-order valence-electron chi connectivity index (χ3n) is 3.04. The van der Waals surface area contributed by atoms with Crippen LogP contribution in [0, 0.1) is 5.92 Å². The van der Waals surface area contributed by atoms with Gasteiger partial charge in [-0.3, -0.25) is 0 Å². The van der Waals surface area contributed by atoms with Gasteiger partial charge in [-0.15, -0.1) is 0 Å². The number of fused-ring (bicyclic) bond motifs is 1. The fourth-order valence-electron chi connectivity index (χ4n) is 2.22. The van der Waals surface area contributed by atoms with Crippen molar-refractivity contribution >= 4 is 0 Å². The lowest BCUT2D eigenvalue weighted by Gasteiger charge is -2.16. The third-order valence-corrected chi connectivity index (χ3v) is 3.04. The molecule has 2 unspecified atom stereocenters. The second kappa shape index (κ2) is 3.11. The Labute approximate surface area is 68.7 Å². The first kappa shape index (κ1) is 7.56. The predicted octanol–water partition coefficient (Wildman–Crippen LogP) is 0.819. The maximum atomic E-state index is 5.44. The van der Waals surface area contributed by atoms with Gasteiger partial charge in [0.25, 0.3) is 0 Å². The van der Waals surface area contributed by atoms with Gasteiger partial charge in [0.2, 0.25) is 0 Å². The molecule has 0 aromatic heterocycles. The molecule has 0 aromatic rings. The minimum atomic E-state index is 0.863.